The van der Waals surface area contributed by atoms with Crippen molar-refractivity contribution in [1.82, 2.24) is 0 Å². The van der Waals surface area contributed by atoms with E-state index in [9.17, 15) is 4.79 Å². The third-order valence-electron chi connectivity index (χ3n) is 0.815. The van der Waals surface area contributed by atoms with Crippen LogP contribution in [0.1, 0.15) is 90.8 Å². The van der Waals surface area contributed by atoms with Crippen LogP contribution in [0.5, 0.6) is 0 Å². The summed E-state index contributed by atoms with van der Waals surface area (Å²) in [5.74, 6) is -1.98. The molecule has 0 aliphatic carbocycles. The molecule has 0 aromatic carbocycles. The van der Waals surface area contributed by atoms with Gasteiger partial charge in [0.2, 0.25) is 0 Å². The average Bonchev–Trinajstić information content (AvgIpc) is 2.59. The van der Waals surface area contributed by atoms with Gasteiger partial charge in [0.15, 0.2) is 0 Å². The van der Waals surface area contributed by atoms with Crippen molar-refractivity contribution < 1.29 is 35.6 Å². The second kappa shape index (κ2) is 10.6. The maximum Gasteiger partial charge on any atom is 0.305 e. The van der Waals surface area contributed by atoms with Crippen molar-refractivity contribution >= 4 is 5.97 Å². The molecule has 84 valence electrons. The van der Waals surface area contributed by atoms with Crippen molar-refractivity contribution in [3.05, 3.63) is 0 Å². The molecule has 0 unspecified atom stereocenters. The van der Waals surface area contributed by atoms with Crippen LogP contribution >= 0.6 is 0 Å². The highest BCUT2D eigenvalue weighted by molar-refractivity contribution is 5.69. The minimum absolute atomic E-state index is 0.488. The summed E-state index contributed by atoms with van der Waals surface area (Å²) in [5.41, 5.74) is 0. The maximum absolute atomic E-state index is 11.9. The van der Waals surface area contributed by atoms with Gasteiger partial charge in [0, 0.05) is 32.4 Å². The topological polar surface area (TPSA) is 26.3 Å². The van der Waals surface area contributed by atoms with Crippen molar-refractivity contribution in [2.75, 3.05) is 6.61 Å². The minimum Gasteiger partial charge on any atom is -0.466 e. The Hall–Kier alpha value is -0.530. The average molecular weight is 219 g/mol. The van der Waals surface area contributed by atoms with Crippen molar-refractivity contribution in [2.45, 2.75) is 64.8 Å². The molecular weight excluding hydrogens is 176 g/mol. The molecule has 0 aromatic heterocycles. The zero-order valence-electron chi connectivity index (χ0n) is 26.5. The second-order valence-electron chi connectivity index (χ2n) is 1.72. The van der Waals surface area contributed by atoms with Gasteiger partial charge < -0.3 is 4.74 Å². The molecule has 0 N–H and O–H groups in total. The lowest BCUT2D eigenvalue weighted by Gasteiger charge is -2.01. The summed E-state index contributed by atoms with van der Waals surface area (Å²) in [7, 11) is 0. The van der Waals surface area contributed by atoms with Crippen molar-refractivity contribution in [1.29, 1.82) is 0 Å². The van der Waals surface area contributed by atoms with E-state index in [0.29, 0.717) is 0 Å². The Morgan fingerprint density at radius 3 is 2.50 bits per heavy atom. The van der Waals surface area contributed by atoms with Crippen LogP contribution in [-0.4, -0.2) is 12.6 Å². The molecule has 14 heavy (non-hydrogen) atoms. The Bertz CT molecular complexity index is 734. The van der Waals surface area contributed by atoms with Gasteiger partial charge in [-0.1, -0.05) is 45.1 Å². The molecule has 0 aliphatic rings. The highest BCUT2D eigenvalue weighted by atomic mass is 16.5. The maximum atomic E-state index is 11.9. The van der Waals surface area contributed by atoms with E-state index in [4.69, 9.17) is 26.0 Å². The zero-order valence-corrected chi connectivity index (χ0v) is 7.52. The normalized spacial score (nSPS) is 39.4. The van der Waals surface area contributed by atoms with Crippen molar-refractivity contribution in [2.24, 2.45) is 0 Å². The molecule has 0 saturated carbocycles. The molecule has 0 bridgehead atoms. The van der Waals surface area contributed by atoms with Crippen LogP contribution in [0.3, 0.4) is 0 Å². The number of hydrogen-bond acceptors (Lipinski definition) is 2. The Labute approximate surface area is 115 Å². The standard InChI is InChI=1S/C12H24O2/c1-3-5-6-7-8-9-10-11-12(13)14-4-2/h3-11H2,1-2H3/i1D3,3D2,5D2,6D2,7D2,8D2,9D2,10D2,11D2. The third-order valence-corrected chi connectivity index (χ3v) is 0.815. The van der Waals surface area contributed by atoms with Crippen LogP contribution in [-0.2, 0) is 9.53 Å². The Morgan fingerprint density at radius 2 is 1.86 bits per heavy atom. The number of carbonyl (C=O) groups excluding carboxylic acids is 1. The summed E-state index contributed by atoms with van der Waals surface area (Å²) >= 11 is 0. The van der Waals surface area contributed by atoms with Crippen LogP contribution in [0, 0.1) is 0 Å². The lowest BCUT2D eigenvalue weighted by molar-refractivity contribution is -0.143. The molecule has 0 atom stereocenters. The molecule has 0 radical (unpaired) electrons. The molecule has 2 heteroatoms. The number of rotatable bonds is 9. The van der Waals surface area contributed by atoms with E-state index in [2.05, 4.69) is 4.74 Å². The fraction of sp³-hybridized carbons (Fsp3) is 0.917. The van der Waals surface area contributed by atoms with Crippen LogP contribution in [0.25, 0.3) is 0 Å². The van der Waals surface area contributed by atoms with E-state index in [1.807, 2.05) is 0 Å². The van der Waals surface area contributed by atoms with Gasteiger partial charge in [-0.05, 0) is 13.3 Å². The van der Waals surface area contributed by atoms with E-state index < -0.39 is 70.4 Å². The molecular formula is C12H24O2. The Kier molecular flexibility index (Phi) is 1.59. The van der Waals surface area contributed by atoms with Gasteiger partial charge in [0.1, 0.15) is 0 Å². The summed E-state index contributed by atoms with van der Waals surface area (Å²) < 4.78 is 150. The van der Waals surface area contributed by atoms with E-state index in [-0.39, 0.29) is 0 Å². The number of esters is 1. The summed E-state index contributed by atoms with van der Waals surface area (Å²) in [5, 5.41) is 0. The first kappa shape index (κ1) is 2.11. The van der Waals surface area contributed by atoms with Gasteiger partial charge in [0.25, 0.3) is 0 Å². The van der Waals surface area contributed by atoms with Crippen LogP contribution in [0.2, 0.25) is 0 Å². The molecule has 0 spiro atoms. The minimum atomic E-state index is -4.54. The van der Waals surface area contributed by atoms with Crippen molar-refractivity contribution in [3.63, 3.8) is 0 Å². The Morgan fingerprint density at radius 1 is 1.21 bits per heavy atom. The first-order chi connectivity index (χ1) is 14.0. The van der Waals surface area contributed by atoms with E-state index in [1.54, 1.807) is 0 Å². The smallest absolute Gasteiger partial charge is 0.305 e. The van der Waals surface area contributed by atoms with Crippen molar-refractivity contribution in [3.8, 4) is 0 Å². The van der Waals surface area contributed by atoms with Crippen LogP contribution in [0.4, 0.5) is 0 Å². The third kappa shape index (κ3) is 9.56. The second-order valence-corrected chi connectivity index (χ2v) is 1.72. The van der Waals surface area contributed by atoms with Gasteiger partial charge in [-0.25, -0.2) is 0 Å². The number of carbonyl (C=O) groups is 1. The van der Waals surface area contributed by atoms with Gasteiger partial charge in [0.05, 0.1) is 6.61 Å². The van der Waals surface area contributed by atoms with E-state index in [1.165, 1.54) is 6.92 Å². The van der Waals surface area contributed by atoms with E-state index >= 15 is 0 Å². The molecule has 0 saturated heterocycles. The number of ether oxygens (including phenoxy) is 1. The van der Waals surface area contributed by atoms with Crippen LogP contribution in [0.15, 0.2) is 0 Å². The van der Waals surface area contributed by atoms with Gasteiger partial charge >= 0.3 is 5.97 Å². The van der Waals surface area contributed by atoms with Gasteiger partial charge in [-0.3, -0.25) is 4.79 Å². The quantitative estimate of drug-likeness (QED) is 0.553. The monoisotopic (exact) mass is 219 g/mol. The van der Waals surface area contributed by atoms with Gasteiger partial charge in [-0.2, -0.15) is 0 Å². The molecule has 0 rings (SSSR count). The predicted molar refractivity (Wildman–Crippen MR) is 59.2 cm³/mol. The summed E-state index contributed by atoms with van der Waals surface area (Å²) in [6, 6.07) is 0. The summed E-state index contributed by atoms with van der Waals surface area (Å²) in [6.07, 6.45) is -34.7. The molecule has 2 nitrogen and oxygen atoms in total. The fourth-order valence-corrected chi connectivity index (χ4v) is 0.406. The zero-order chi connectivity index (χ0) is 27.5. The van der Waals surface area contributed by atoms with E-state index in [0.717, 1.165) is 0 Å². The summed E-state index contributed by atoms with van der Waals surface area (Å²) in [4.78, 5) is 11.9. The fourth-order valence-electron chi connectivity index (χ4n) is 0.406. The molecule has 0 amide bonds. The lowest BCUT2D eigenvalue weighted by Crippen LogP contribution is -2.03. The Balaban J connectivity index is 6.92. The molecule has 0 aliphatic heterocycles. The highest BCUT2D eigenvalue weighted by Gasteiger charge is 2.00. The largest absolute Gasteiger partial charge is 0.466 e. The SMILES string of the molecule is [2H]C([2H])([2H])C([2H])([2H])C([2H])([2H])C([2H])([2H])C([2H])([2H])C([2H])([2H])C([2H])([2H])C([2H])([2H])C([2H])([2H])C(=O)OCC. The van der Waals surface area contributed by atoms with Crippen LogP contribution < -0.4 is 0 Å². The predicted octanol–water partition coefficient (Wildman–Crippen LogP) is 3.69. The molecule has 0 fully saturated rings. The molecule has 0 aromatic rings. The molecule has 0 heterocycles. The first-order valence-electron chi connectivity index (χ1n) is 13.2. The van der Waals surface area contributed by atoms with Gasteiger partial charge in [-0.15, -0.1) is 0 Å². The lowest BCUT2D eigenvalue weighted by atomic mass is 10.1. The first-order valence-corrected chi connectivity index (χ1v) is 3.65. The highest BCUT2D eigenvalue weighted by Crippen LogP contribution is 2.08. The summed E-state index contributed by atoms with van der Waals surface area (Å²) in [6.45, 7) is -3.18. The number of hydrogen-bond donors (Lipinski definition) is 0.